The molecule has 0 unspecified atom stereocenters. The van der Waals surface area contributed by atoms with E-state index in [1.807, 2.05) is 38.1 Å². The average molecular weight is 343 g/mol. The second-order valence-electron chi connectivity index (χ2n) is 5.85. The summed E-state index contributed by atoms with van der Waals surface area (Å²) in [6, 6.07) is 15.0. The Kier molecular flexibility index (Phi) is 4.90. The number of benzene rings is 2. The molecule has 0 bridgehead atoms. The average Bonchev–Trinajstić information content (AvgIpc) is 2.65. The van der Waals surface area contributed by atoms with Crippen LogP contribution in [-0.2, 0) is 0 Å². The molecule has 0 fully saturated rings. The number of hydrogen-bond donors (Lipinski definition) is 2. The number of nitriles is 1. The lowest BCUT2D eigenvalue weighted by atomic mass is 10.1. The molecular weight excluding hydrogens is 326 g/mol. The Hall–Kier alpha value is -3.72. The second kappa shape index (κ2) is 7.45. The number of para-hydroxylation sites is 1. The van der Waals surface area contributed by atoms with Gasteiger partial charge in [0.1, 0.15) is 6.07 Å². The first-order valence-electron chi connectivity index (χ1n) is 8.03. The molecule has 1 aromatic heterocycles. The summed E-state index contributed by atoms with van der Waals surface area (Å²) in [5, 5.41) is 15.0. The van der Waals surface area contributed by atoms with Crippen LogP contribution in [0.4, 0.5) is 17.3 Å². The fourth-order valence-corrected chi connectivity index (χ4v) is 2.38. The molecule has 1 amide bonds. The van der Waals surface area contributed by atoms with Gasteiger partial charge in [0.25, 0.3) is 5.91 Å². The highest BCUT2D eigenvalue weighted by Crippen LogP contribution is 2.19. The summed E-state index contributed by atoms with van der Waals surface area (Å²) in [6.45, 7) is 3.91. The Labute approximate surface area is 151 Å². The molecule has 3 aromatic rings. The van der Waals surface area contributed by atoms with E-state index >= 15 is 0 Å². The van der Waals surface area contributed by atoms with E-state index in [-0.39, 0.29) is 5.91 Å². The fourth-order valence-electron chi connectivity index (χ4n) is 2.38. The number of carbonyl (C=O) groups is 1. The number of amides is 1. The molecule has 3 rings (SSSR count). The number of nitrogens with one attached hydrogen (secondary N) is 2. The van der Waals surface area contributed by atoms with E-state index in [2.05, 4.69) is 26.7 Å². The van der Waals surface area contributed by atoms with Gasteiger partial charge in [0.2, 0.25) is 5.95 Å². The molecule has 0 aliphatic carbocycles. The van der Waals surface area contributed by atoms with Crippen LogP contribution in [0.2, 0.25) is 0 Å². The zero-order valence-electron chi connectivity index (χ0n) is 14.4. The summed E-state index contributed by atoms with van der Waals surface area (Å²) in [6.07, 6.45) is 2.90. The van der Waals surface area contributed by atoms with Gasteiger partial charge in [-0.25, -0.2) is 9.97 Å². The van der Waals surface area contributed by atoms with Gasteiger partial charge in [-0.15, -0.1) is 0 Å². The molecule has 0 saturated carbocycles. The molecule has 0 spiro atoms. The van der Waals surface area contributed by atoms with Gasteiger partial charge in [0.05, 0.1) is 16.8 Å². The van der Waals surface area contributed by atoms with Crippen molar-refractivity contribution < 1.29 is 4.79 Å². The monoisotopic (exact) mass is 343 g/mol. The van der Waals surface area contributed by atoms with E-state index in [9.17, 15) is 4.79 Å². The zero-order valence-corrected chi connectivity index (χ0v) is 14.4. The molecule has 6 nitrogen and oxygen atoms in total. The van der Waals surface area contributed by atoms with Gasteiger partial charge in [-0.05, 0) is 43.2 Å². The number of hydrogen-bond acceptors (Lipinski definition) is 5. The number of carbonyl (C=O) groups excluding carboxylic acids is 1. The van der Waals surface area contributed by atoms with Crippen LogP contribution in [-0.4, -0.2) is 15.9 Å². The molecule has 0 atom stereocenters. The Balaban J connectivity index is 1.74. The summed E-state index contributed by atoms with van der Waals surface area (Å²) >= 11 is 0. The van der Waals surface area contributed by atoms with Crippen LogP contribution in [0.25, 0.3) is 0 Å². The van der Waals surface area contributed by atoms with Gasteiger partial charge in [-0.2, -0.15) is 5.26 Å². The van der Waals surface area contributed by atoms with E-state index in [4.69, 9.17) is 5.26 Å². The lowest BCUT2D eigenvalue weighted by Crippen LogP contribution is -2.14. The van der Waals surface area contributed by atoms with Crippen LogP contribution >= 0.6 is 0 Å². The van der Waals surface area contributed by atoms with Crippen LogP contribution in [0.15, 0.2) is 54.9 Å². The van der Waals surface area contributed by atoms with Crippen molar-refractivity contribution in [3.05, 3.63) is 77.1 Å². The van der Waals surface area contributed by atoms with Gasteiger partial charge < -0.3 is 10.6 Å². The van der Waals surface area contributed by atoms with E-state index in [0.29, 0.717) is 22.8 Å². The maximum atomic E-state index is 12.4. The van der Waals surface area contributed by atoms with Crippen molar-refractivity contribution >= 4 is 23.2 Å². The third-order valence-electron chi connectivity index (χ3n) is 3.85. The van der Waals surface area contributed by atoms with E-state index in [0.717, 1.165) is 16.8 Å². The maximum Gasteiger partial charge on any atom is 0.258 e. The van der Waals surface area contributed by atoms with Gasteiger partial charge in [-0.3, -0.25) is 4.79 Å². The van der Waals surface area contributed by atoms with Gasteiger partial charge >= 0.3 is 0 Å². The standard InChI is InChI=1S/C20H17N5O/c1-13-7-8-14(2)18(9-13)24-19(26)16-11-22-20(23-12-16)25-17-6-4-3-5-15(17)10-21/h3-9,11-12H,1-2H3,(H,24,26)(H,22,23,25). The van der Waals surface area contributed by atoms with Crippen molar-refractivity contribution in [2.45, 2.75) is 13.8 Å². The molecule has 6 heteroatoms. The first-order valence-corrected chi connectivity index (χ1v) is 8.03. The molecule has 0 aliphatic rings. The first-order chi connectivity index (χ1) is 12.6. The van der Waals surface area contributed by atoms with Crippen molar-refractivity contribution in [3.63, 3.8) is 0 Å². The molecule has 0 saturated heterocycles. The fraction of sp³-hybridized carbons (Fsp3) is 0.100. The quantitative estimate of drug-likeness (QED) is 0.748. The molecule has 0 aliphatic heterocycles. The molecule has 128 valence electrons. The highest BCUT2D eigenvalue weighted by molar-refractivity contribution is 6.04. The Bertz CT molecular complexity index is 990. The topological polar surface area (TPSA) is 90.7 Å². The largest absolute Gasteiger partial charge is 0.323 e. The van der Waals surface area contributed by atoms with Gasteiger partial charge in [-0.1, -0.05) is 24.3 Å². The number of anilines is 3. The summed E-state index contributed by atoms with van der Waals surface area (Å²) in [5.41, 5.74) is 4.27. The van der Waals surface area contributed by atoms with Crippen LogP contribution in [0, 0.1) is 25.2 Å². The summed E-state index contributed by atoms with van der Waals surface area (Å²) < 4.78 is 0. The minimum atomic E-state index is -0.275. The Morgan fingerprint density at radius 2 is 1.77 bits per heavy atom. The summed E-state index contributed by atoms with van der Waals surface area (Å²) in [5.74, 6) is 0.0404. The second-order valence-corrected chi connectivity index (χ2v) is 5.85. The minimum Gasteiger partial charge on any atom is -0.323 e. The highest BCUT2D eigenvalue weighted by atomic mass is 16.1. The summed E-state index contributed by atoms with van der Waals surface area (Å²) in [4.78, 5) is 20.7. The third kappa shape index (κ3) is 3.84. The van der Waals surface area contributed by atoms with Crippen molar-refractivity contribution in [2.75, 3.05) is 10.6 Å². The van der Waals surface area contributed by atoms with E-state index in [1.54, 1.807) is 18.2 Å². The van der Waals surface area contributed by atoms with Crippen molar-refractivity contribution in [3.8, 4) is 6.07 Å². The maximum absolute atomic E-state index is 12.4. The molecular formula is C20H17N5O. The summed E-state index contributed by atoms with van der Waals surface area (Å²) in [7, 11) is 0. The Morgan fingerprint density at radius 3 is 2.50 bits per heavy atom. The van der Waals surface area contributed by atoms with Crippen LogP contribution in [0.1, 0.15) is 27.0 Å². The lowest BCUT2D eigenvalue weighted by molar-refractivity contribution is 0.102. The molecule has 26 heavy (non-hydrogen) atoms. The Morgan fingerprint density at radius 1 is 1.04 bits per heavy atom. The lowest BCUT2D eigenvalue weighted by Gasteiger charge is -2.10. The van der Waals surface area contributed by atoms with Gasteiger partial charge in [0.15, 0.2) is 0 Å². The van der Waals surface area contributed by atoms with Crippen molar-refractivity contribution in [2.24, 2.45) is 0 Å². The normalized spacial score (nSPS) is 10.0. The number of nitrogens with zero attached hydrogens (tertiary/aromatic N) is 3. The SMILES string of the molecule is Cc1ccc(C)c(NC(=O)c2cnc(Nc3ccccc3C#N)nc2)c1. The van der Waals surface area contributed by atoms with E-state index in [1.165, 1.54) is 12.4 Å². The smallest absolute Gasteiger partial charge is 0.258 e. The van der Waals surface area contributed by atoms with Crippen LogP contribution in [0.5, 0.6) is 0 Å². The van der Waals surface area contributed by atoms with Crippen molar-refractivity contribution in [1.29, 1.82) is 5.26 Å². The number of rotatable bonds is 4. The number of aromatic nitrogens is 2. The van der Waals surface area contributed by atoms with Crippen LogP contribution in [0.3, 0.4) is 0 Å². The first kappa shape index (κ1) is 17.1. The third-order valence-corrected chi connectivity index (χ3v) is 3.85. The van der Waals surface area contributed by atoms with Gasteiger partial charge in [0, 0.05) is 18.1 Å². The highest BCUT2D eigenvalue weighted by Gasteiger charge is 2.10. The molecule has 1 heterocycles. The zero-order chi connectivity index (χ0) is 18.5. The van der Waals surface area contributed by atoms with E-state index < -0.39 is 0 Å². The minimum absolute atomic E-state index is 0.275. The van der Waals surface area contributed by atoms with Crippen LogP contribution < -0.4 is 10.6 Å². The van der Waals surface area contributed by atoms with Crippen molar-refractivity contribution in [1.82, 2.24) is 9.97 Å². The molecule has 2 aromatic carbocycles. The molecule has 2 N–H and O–H groups in total. The predicted molar refractivity (Wildman–Crippen MR) is 100 cm³/mol. The number of aryl methyl sites for hydroxylation is 2. The molecule has 0 radical (unpaired) electrons. The predicted octanol–water partition coefficient (Wildman–Crippen LogP) is 3.96.